The number of aryl methyl sites for hydroxylation is 2. The normalized spacial score (nSPS) is 12.1. The Morgan fingerprint density at radius 1 is 1.40 bits per heavy atom. The average molecular weight is 272 g/mol. The predicted molar refractivity (Wildman–Crippen MR) is 79.3 cm³/mol. The molecule has 1 heterocycles. The summed E-state index contributed by atoms with van der Waals surface area (Å²) >= 11 is 0. The molecule has 0 bridgehead atoms. The molecule has 0 saturated carbocycles. The fourth-order valence-electron chi connectivity index (χ4n) is 1.92. The summed E-state index contributed by atoms with van der Waals surface area (Å²) in [6.07, 6.45) is 2.25. The first-order valence-corrected chi connectivity index (χ1v) is 6.83. The van der Waals surface area contributed by atoms with Gasteiger partial charge in [0.1, 0.15) is 0 Å². The number of H-pyrrole nitrogens is 1. The third-order valence-corrected chi connectivity index (χ3v) is 3.19. The zero-order chi connectivity index (χ0) is 14.4. The number of nitrogens with two attached hydrogens (primary N) is 1. The van der Waals surface area contributed by atoms with Crippen LogP contribution < -0.4 is 11.1 Å². The maximum Gasteiger partial charge on any atom is 0.242 e. The Kier molecular flexibility index (Phi) is 4.90. The molecular weight excluding hydrogens is 252 g/mol. The Balaban J connectivity index is 1.82. The molecule has 0 aliphatic rings. The third kappa shape index (κ3) is 3.93. The number of nitrogens with one attached hydrogen (secondary N) is 2. The lowest BCUT2D eigenvalue weighted by Crippen LogP contribution is -2.36. The molecule has 1 aromatic carbocycles. The standard InChI is InChI=1S/C15H20N4O/c1-2-12-10-14(19-18-12)17-15(20)13(16)9-8-11-6-4-3-5-7-11/h3-7,10,13H,2,8-9,16H2,1H3,(H2,17,18,19,20)/t13-/m0/s1. The summed E-state index contributed by atoms with van der Waals surface area (Å²) < 4.78 is 0. The summed E-state index contributed by atoms with van der Waals surface area (Å²) in [5.74, 6) is 0.331. The van der Waals surface area contributed by atoms with Gasteiger partial charge >= 0.3 is 0 Å². The predicted octanol–water partition coefficient (Wildman–Crippen LogP) is 1.87. The molecule has 0 unspecified atom stereocenters. The van der Waals surface area contributed by atoms with Crippen LogP contribution in [0.3, 0.4) is 0 Å². The van der Waals surface area contributed by atoms with E-state index in [9.17, 15) is 4.79 Å². The van der Waals surface area contributed by atoms with Crippen molar-refractivity contribution in [3.05, 3.63) is 47.7 Å². The number of nitrogens with zero attached hydrogens (tertiary/aromatic N) is 1. The van der Waals surface area contributed by atoms with Crippen LogP contribution in [-0.4, -0.2) is 22.1 Å². The van der Waals surface area contributed by atoms with E-state index in [1.165, 1.54) is 5.56 Å². The number of rotatable bonds is 6. The molecule has 4 N–H and O–H groups in total. The lowest BCUT2D eigenvalue weighted by Gasteiger charge is -2.10. The van der Waals surface area contributed by atoms with E-state index in [1.807, 2.05) is 43.3 Å². The van der Waals surface area contributed by atoms with E-state index in [1.54, 1.807) is 0 Å². The van der Waals surface area contributed by atoms with Crippen molar-refractivity contribution in [3.8, 4) is 0 Å². The van der Waals surface area contributed by atoms with Crippen LogP contribution in [0.1, 0.15) is 24.6 Å². The Bertz CT molecular complexity index is 550. The number of anilines is 1. The molecule has 5 nitrogen and oxygen atoms in total. The Morgan fingerprint density at radius 2 is 2.15 bits per heavy atom. The molecule has 0 aliphatic carbocycles. The van der Waals surface area contributed by atoms with E-state index in [0.29, 0.717) is 12.2 Å². The molecule has 0 aliphatic heterocycles. The summed E-state index contributed by atoms with van der Waals surface area (Å²) in [7, 11) is 0. The molecule has 2 aromatic rings. The SMILES string of the molecule is CCc1cc(NC(=O)[C@@H](N)CCc2ccccc2)n[nH]1. The molecule has 0 spiro atoms. The quantitative estimate of drug-likeness (QED) is 0.750. The Hall–Kier alpha value is -2.14. The highest BCUT2D eigenvalue weighted by Crippen LogP contribution is 2.08. The van der Waals surface area contributed by atoms with Gasteiger partial charge in [0, 0.05) is 11.8 Å². The highest BCUT2D eigenvalue weighted by Gasteiger charge is 2.14. The minimum absolute atomic E-state index is 0.199. The van der Waals surface area contributed by atoms with E-state index < -0.39 is 6.04 Å². The summed E-state index contributed by atoms with van der Waals surface area (Å²) in [4.78, 5) is 11.9. The largest absolute Gasteiger partial charge is 0.320 e. The van der Waals surface area contributed by atoms with E-state index in [4.69, 9.17) is 5.73 Å². The minimum atomic E-state index is -0.531. The summed E-state index contributed by atoms with van der Waals surface area (Å²) in [6.45, 7) is 2.02. The smallest absolute Gasteiger partial charge is 0.242 e. The van der Waals surface area contributed by atoms with Crippen LogP contribution in [0.4, 0.5) is 5.82 Å². The lowest BCUT2D eigenvalue weighted by atomic mass is 10.1. The topological polar surface area (TPSA) is 83.8 Å². The van der Waals surface area contributed by atoms with Gasteiger partial charge in [0.25, 0.3) is 0 Å². The van der Waals surface area contributed by atoms with Gasteiger partial charge in [-0.25, -0.2) is 0 Å². The Morgan fingerprint density at radius 3 is 2.80 bits per heavy atom. The molecule has 20 heavy (non-hydrogen) atoms. The zero-order valence-electron chi connectivity index (χ0n) is 11.6. The fourth-order valence-corrected chi connectivity index (χ4v) is 1.92. The molecular formula is C15H20N4O. The maximum absolute atomic E-state index is 11.9. The second kappa shape index (κ2) is 6.86. The first kappa shape index (κ1) is 14.3. The molecule has 106 valence electrons. The highest BCUT2D eigenvalue weighted by molar-refractivity contribution is 5.93. The zero-order valence-corrected chi connectivity index (χ0v) is 11.6. The van der Waals surface area contributed by atoms with Crippen molar-refractivity contribution >= 4 is 11.7 Å². The number of carbonyl (C=O) groups is 1. The molecule has 0 fully saturated rings. The highest BCUT2D eigenvalue weighted by atomic mass is 16.2. The van der Waals surface area contributed by atoms with Gasteiger partial charge < -0.3 is 11.1 Å². The van der Waals surface area contributed by atoms with E-state index >= 15 is 0 Å². The van der Waals surface area contributed by atoms with Crippen molar-refractivity contribution < 1.29 is 4.79 Å². The Labute approximate surface area is 118 Å². The summed E-state index contributed by atoms with van der Waals surface area (Å²) in [6, 6.07) is 11.3. The first-order chi connectivity index (χ1) is 9.69. The van der Waals surface area contributed by atoms with Gasteiger partial charge in [-0.1, -0.05) is 37.3 Å². The van der Waals surface area contributed by atoms with Crippen molar-refractivity contribution in [2.24, 2.45) is 5.73 Å². The summed E-state index contributed by atoms with van der Waals surface area (Å²) in [5.41, 5.74) is 8.07. The van der Waals surface area contributed by atoms with Crippen LogP contribution in [-0.2, 0) is 17.6 Å². The van der Waals surface area contributed by atoms with Crippen molar-refractivity contribution in [2.45, 2.75) is 32.2 Å². The van der Waals surface area contributed by atoms with Gasteiger partial charge in [-0.2, -0.15) is 5.10 Å². The van der Waals surface area contributed by atoms with Gasteiger partial charge in [-0.3, -0.25) is 9.89 Å². The van der Waals surface area contributed by atoms with Crippen LogP contribution in [0.2, 0.25) is 0 Å². The van der Waals surface area contributed by atoms with Gasteiger partial charge in [0.05, 0.1) is 6.04 Å². The molecule has 5 heteroatoms. The second-order valence-corrected chi connectivity index (χ2v) is 4.75. The van der Waals surface area contributed by atoms with Crippen molar-refractivity contribution in [2.75, 3.05) is 5.32 Å². The maximum atomic E-state index is 11.9. The third-order valence-electron chi connectivity index (χ3n) is 3.19. The number of aromatic amines is 1. The second-order valence-electron chi connectivity index (χ2n) is 4.75. The molecule has 0 radical (unpaired) electrons. The van der Waals surface area contributed by atoms with Crippen molar-refractivity contribution in [1.82, 2.24) is 10.2 Å². The monoisotopic (exact) mass is 272 g/mol. The van der Waals surface area contributed by atoms with Crippen molar-refractivity contribution in [3.63, 3.8) is 0 Å². The van der Waals surface area contributed by atoms with Crippen LogP contribution in [0.25, 0.3) is 0 Å². The van der Waals surface area contributed by atoms with E-state index in [2.05, 4.69) is 15.5 Å². The number of hydrogen-bond donors (Lipinski definition) is 3. The summed E-state index contributed by atoms with van der Waals surface area (Å²) in [5, 5.41) is 9.59. The van der Waals surface area contributed by atoms with Gasteiger partial charge in [0.15, 0.2) is 5.82 Å². The molecule has 1 aromatic heterocycles. The van der Waals surface area contributed by atoms with Crippen LogP contribution in [0.15, 0.2) is 36.4 Å². The fraction of sp³-hybridized carbons (Fsp3) is 0.333. The average Bonchev–Trinajstić information content (AvgIpc) is 2.93. The molecule has 1 amide bonds. The first-order valence-electron chi connectivity index (χ1n) is 6.83. The minimum Gasteiger partial charge on any atom is -0.320 e. The van der Waals surface area contributed by atoms with Crippen LogP contribution in [0, 0.1) is 0 Å². The number of amides is 1. The van der Waals surface area contributed by atoms with Gasteiger partial charge in [-0.05, 0) is 24.8 Å². The molecule has 1 atom stereocenters. The van der Waals surface area contributed by atoms with Crippen LogP contribution in [0.5, 0.6) is 0 Å². The van der Waals surface area contributed by atoms with E-state index in [0.717, 1.165) is 18.5 Å². The molecule has 2 rings (SSSR count). The van der Waals surface area contributed by atoms with Crippen molar-refractivity contribution in [1.29, 1.82) is 0 Å². The number of hydrogen-bond acceptors (Lipinski definition) is 3. The van der Waals surface area contributed by atoms with Gasteiger partial charge in [-0.15, -0.1) is 0 Å². The van der Waals surface area contributed by atoms with E-state index in [-0.39, 0.29) is 5.91 Å². The van der Waals surface area contributed by atoms with Gasteiger partial charge in [0.2, 0.25) is 5.91 Å². The van der Waals surface area contributed by atoms with Crippen LogP contribution >= 0.6 is 0 Å². The number of benzene rings is 1. The molecule has 0 saturated heterocycles. The number of aromatic nitrogens is 2. The number of carbonyl (C=O) groups excluding carboxylic acids is 1. The lowest BCUT2D eigenvalue weighted by molar-refractivity contribution is -0.117.